The van der Waals surface area contributed by atoms with Gasteiger partial charge in [-0.15, -0.1) is 0 Å². The van der Waals surface area contributed by atoms with Crippen LogP contribution in [0.1, 0.15) is 28.5 Å². The summed E-state index contributed by atoms with van der Waals surface area (Å²) in [7, 11) is 0. The largest absolute Gasteiger partial charge is 0.462 e. The fourth-order valence-corrected chi connectivity index (χ4v) is 3.49. The lowest BCUT2D eigenvalue weighted by atomic mass is 10.2. The topological polar surface area (TPSA) is 68.2 Å². The van der Waals surface area contributed by atoms with E-state index in [0.717, 1.165) is 16.9 Å². The molecular formula is C21H20Cl2N4O2S. The molecule has 0 saturated carbocycles. The molecule has 1 heterocycles. The number of aryl methyl sites for hydroxylation is 1. The Morgan fingerprint density at radius 3 is 2.43 bits per heavy atom. The van der Waals surface area contributed by atoms with Gasteiger partial charge in [-0.25, -0.2) is 4.79 Å². The van der Waals surface area contributed by atoms with E-state index in [1.54, 1.807) is 54.1 Å². The van der Waals surface area contributed by atoms with Gasteiger partial charge in [0, 0.05) is 33.1 Å². The minimum atomic E-state index is -0.357. The number of ether oxygens (including phenoxy) is 1. The molecule has 0 radical (unpaired) electrons. The molecular weight excluding hydrogens is 443 g/mol. The molecule has 1 aromatic heterocycles. The van der Waals surface area contributed by atoms with Gasteiger partial charge in [0.25, 0.3) is 0 Å². The minimum absolute atomic E-state index is 0.335. The molecule has 0 bridgehead atoms. The van der Waals surface area contributed by atoms with E-state index in [-0.39, 0.29) is 5.97 Å². The zero-order chi connectivity index (χ0) is 21.7. The predicted molar refractivity (Wildman–Crippen MR) is 125 cm³/mol. The van der Waals surface area contributed by atoms with E-state index >= 15 is 0 Å². The van der Waals surface area contributed by atoms with E-state index in [9.17, 15) is 4.79 Å². The molecule has 0 aliphatic rings. The number of carbonyl (C=O) groups excluding carboxylic acids is 1. The van der Waals surface area contributed by atoms with E-state index in [1.165, 1.54) is 0 Å². The van der Waals surface area contributed by atoms with Gasteiger partial charge in [-0.2, -0.15) is 5.10 Å². The van der Waals surface area contributed by atoms with Crippen LogP contribution in [0, 0.1) is 6.92 Å². The molecule has 0 saturated heterocycles. The van der Waals surface area contributed by atoms with Gasteiger partial charge in [0.2, 0.25) is 0 Å². The minimum Gasteiger partial charge on any atom is -0.462 e. The second kappa shape index (κ2) is 9.93. The second-order valence-electron chi connectivity index (χ2n) is 6.41. The molecule has 0 aliphatic heterocycles. The van der Waals surface area contributed by atoms with Crippen molar-refractivity contribution in [1.82, 2.24) is 9.78 Å². The Morgan fingerprint density at radius 2 is 1.80 bits per heavy atom. The highest BCUT2D eigenvalue weighted by atomic mass is 35.5. The normalized spacial score (nSPS) is 10.5. The van der Waals surface area contributed by atoms with Gasteiger partial charge < -0.3 is 15.4 Å². The maximum absolute atomic E-state index is 11.7. The summed E-state index contributed by atoms with van der Waals surface area (Å²) in [4.78, 5) is 11.7. The number of hydrogen-bond acceptors (Lipinski definition) is 4. The van der Waals surface area contributed by atoms with Crippen molar-refractivity contribution in [2.45, 2.75) is 20.4 Å². The van der Waals surface area contributed by atoms with Crippen molar-refractivity contribution in [2.24, 2.45) is 0 Å². The lowest BCUT2D eigenvalue weighted by Gasteiger charge is -2.10. The van der Waals surface area contributed by atoms with E-state index in [0.29, 0.717) is 39.7 Å². The summed E-state index contributed by atoms with van der Waals surface area (Å²) in [6.45, 7) is 4.49. The van der Waals surface area contributed by atoms with Crippen LogP contribution in [0.5, 0.6) is 0 Å². The van der Waals surface area contributed by atoms with Crippen LogP contribution < -0.4 is 10.6 Å². The number of rotatable bonds is 6. The smallest absolute Gasteiger partial charge is 0.338 e. The molecule has 0 spiro atoms. The third kappa shape index (κ3) is 5.50. The summed E-state index contributed by atoms with van der Waals surface area (Å²) < 4.78 is 6.77. The maximum atomic E-state index is 11.7. The first-order valence-corrected chi connectivity index (χ1v) is 10.4. The van der Waals surface area contributed by atoms with E-state index < -0.39 is 0 Å². The predicted octanol–water partition coefficient (Wildman–Crippen LogP) is 5.53. The van der Waals surface area contributed by atoms with Crippen molar-refractivity contribution in [3.63, 3.8) is 0 Å². The quantitative estimate of drug-likeness (QED) is 0.370. The SMILES string of the molecule is CCOC(=O)c1ccc(NC(=S)Nc2cc(C)n(Cc3c(Cl)cccc3Cl)n2)cc1. The molecule has 30 heavy (non-hydrogen) atoms. The number of esters is 1. The molecule has 0 atom stereocenters. The molecule has 6 nitrogen and oxygen atoms in total. The summed E-state index contributed by atoms with van der Waals surface area (Å²) >= 11 is 17.9. The summed E-state index contributed by atoms with van der Waals surface area (Å²) in [6, 6.07) is 14.1. The van der Waals surface area contributed by atoms with Gasteiger partial charge in [0.1, 0.15) is 0 Å². The van der Waals surface area contributed by atoms with Gasteiger partial charge in [-0.1, -0.05) is 29.3 Å². The van der Waals surface area contributed by atoms with Gasteiger partial charge in [-0.3, -0.25) is 4.68 Å². The highest BCUT2D eigenvalue weighted by molar-refractivity contribution is 7.80. The monoisotopic (exact) mass is 462 g/mol. The van der Waals surface area contributed by atoms with Gasteiger partial charge in [0.05, 0.1) is 18.7 Å². The van der Waals surface area contributed by atoms with Crippen molar-refractivity contribution in [3.05, 3.63) is 75.4 Å². The Kier molecular flexibility index (Phi) is 7.31. The van der Waals surface area contributed by atoms with Gasteiger partial charge in [0.15, 0.2) is 10.9 Å². The Balaban J connectivity index is 1.63. The summed E-state index contributed by atoms with van der Waals surface area (Å²) in [5.41, 5.74) is 2.95. The van der Waals surface area contributed by atoms with Crippen LogP contribution >= 0.6 is 35.4 Å². The van der Waals surface area contributed by atoms with Crippen molar-refractivity contribution >= 4 is 58.0 Å². The number of nitrogens with one attached hydrogen (secondary N) is 2. The lowest BCUT2D eigenvalue weighted by molar-refractivity contribution is 0.0526. The fraction of sp³-hybridized carbons (Fsp3) is 0.190. The van der Waals surface area contributed by atoms with Crippen molar-refractivity contribution < 1.29 is 9.53 Å². The Hall–Kier alpha value is -2.61. The average molecular weight is 463 g/mol. The molecule has 0 fully saturated rings. The number of carbonyl (C=O) groups is 1. The first-order chi connectivity index (χ1) is 14.4. The number of thiocarbonyl (C=S) groups is 1. The molecule has 9 heteroatoms. The molecule has 156 valence electrons. The third-order valence-electron chi connectivity index (χ3n) is 4.25. The first-order valence-electron chi connectivity index (χ1n) is 9.20. The van der Waals surface area contributed by atoms with Crippen LogP contribution in [0.3, 0.4) is 0 Å². The Labute approximate surface area is 190 Å². The molecule has 3 aromatic rings. The van der Waals surface area contributed by atoms with Crippen molar-refractivity contribution in [2.75, 3.05) is 17.2 Å². The van der Waals surface area contributed by atoms with E-state index in [4.69, 9.17) is 40.2 Å². The molecule has 2 N–H and O–H groups in total. The summed E-state index contributed by atoms with van der Waals surface area (Å²) in [5.74, 6) is 0.237. The highest BCUT2D eigenvalue weighted by Gasteiger charge is 2.11. The highest BCUT2D eigenvalue weighted by Crippen LogP contribution is 2.26. The number of nitrogens with zero attached hydrogens (tertiary/aromatic N) is 2. The number of anilines is 2. The van der Waals surface area contributed by atoms with Crippen LogP contribution in [-0.2, 0) is 11.3 Å². The number of halogens is 2. The van der Waals surface area contributed by atoms with Crippen molar-refractivity contribution in [3.8, 4) is 0 Å². The fourth-order valence-electron chi connectivity index (χ4n) is 2.75. The molecule has 0 amide bonds. The standard InChI is InChI=1S/C21H20Cl2N4O2S/c1-3-29-20(28)14-7-9-15(10-8-14)24-21(30)25-19-11-13(2)27(26-19)12-16-17(22)5-4-6-18(16)23/h4-11H,3,12H2,1-2H3,(H2,24,25,26,30). The van der Waals surface area contributed by atoms with E-state index in [1.807, 2.05) is 13.0 Å². The molecule has 0 unspecified atom stereocenters. The maximum Gasteiger partial charge on any atom is 0.338 e. The van der Waals surface area contributed by atoms with Crippen LogP contribution in [0.2, 0.25) is 10.0 Å². The van der Waals surface area contributed by atoms with Gasteiger partial charge >= 0.3 is 5.97 Å². The zero-order valence-corrected chi connectivity index (χ0v) is 18.7. The van der Waals surface area contributed by atoms with Crippen LogP contribution in [0.15, 0.2) is 48.5 Å². The summed E-state index contributed by atoms with van der Waals surface area (Å²) in [6.07, 6.45) is 0. The Bertz CT molecular complexity index is 1050. The zero-order valence-electron chi connectivity index (χ0n) is 16.4. The van der Waals surface area contributed by atoms with Crippen LogP contribution in [-0.4, -0.2) is 27.5 Å². The number of aromatic nitrogens is 2. The lowest BCUT2D eigenvalue weighted by Crippen LogP contribution is -2.19. The molecule has 3 rings (SSSR count). The summed E-state index contributed by atoms with van der Waals surface area (Å²) in [5, 5.41) is 12.2. The van der Waals surface area contributed by atoms with E-state index in [2.05, 4.69) is 15.7 Å². The Morgan fingerprint density at radius 1 is 1.13 bits per heavy atom. The van der Waals surface area contributed by atoms with Crippen LogP contribution in [0.25, 0.3) is 0 Å². The van der Waals surface area contributed by atoms with Crippen LogP contribution in [0.4, 0.5) is 11.5 Å². The average Bonchev–Trinajstić information content (AvgIpc) is 3.04. The number of benzene rings is 2. The first kappa shape index (κ1) is 22.1. The number of hydrogen-bond donors (Lipinski definition) is 2. The van der Waals surface area contributed by atoms with Gasteiger partial charge in [-0.05, 0) is 62.5 Å². The van der Waals surface area contributed by atoms with Crippen molar-refractivity contribution in [1.29, 1.82) is 0 Å². The molecule has 2 aromatic carbocycles. The molecule has 0 aliphatic carbocycles. The second-order valence-corrected chi connectivity index (χ2v) is 7.63. The third-order valence-corrected chi connectivity index (χ3v) is 5.16.